The van der Waals surface area contributed by atoms with Gasteiger partial charge in [0, 0.05) is 11.0 Å². The van der Waals surface area contributed by atoms with Crippen LogP contribution in [0, 0.1) is 13.8 Å². The number of thioether (sulfide) groups is 1. The Labute approximate surface area is 109 Å². The van der Waals surface area contributed by atoms with Gasteiger partial charge in [0.25, 0.3) is 0 Å². The van der Waals surface area contributed by atoms with Crippen LogP contribution in [0.15, 0.2) is 18.2 Å². The third-order valence-electron chi connectivity index (χ3n) is 2.66. The van der Waals surface area contributed by atoms with Gasteiger partial charge in [-0.15, -0.1) is 0 Å². The molecule has 17 heavy (non-hydrogen) atoms. The SMILES string of the molecule is Cc1ccc(C)c(OCCSC(C)CCN)c1. The summed E-state index contributed by atoms with van der Waals surface area (Å²) in [5, 5.41) is 0.627. The third kappa shape index (κ3) is 5.46. The van der Waals surface area contributed by atoms with Gasteiger partial charge in [-0.3, -0.25) is 0 Å². The molecule has 0 aliphatic carbocycles. The number of hydrogen-bond acceptors (Lipinski definition) is 3. The van der Waals surface area contributed by atoms with Crippen LogP contribution in [-0.2, 0) is 0 Å². The molecule has 0 fully saturated rings. The molecule has 0 spiro atoms. The first-order valence-electron chi connectivity index (χ1n) is 6.15. The summed E-state index contributed by atoms with van der Waals surface area (Å²) in [6.07, 6.45) is 1.08. The molecule has 0 saturated heterocycles. The second-order valence-electron chi connectivity index (χ2n) is 4.38. The molecule has 96 valence electrons. The van der Waals surface area contributed by atoms with Gasteiger partial charge in [-0.2, -0.15) is 11.8 Å². The first-order chi connectivity index (χ1) is 8.13. The van der Waals surface area contributed by atoms with Crippen LogP contribution in [-0.4, -0.2) is 24.2 Å². The number of benzene rings is 1. The fourth-order valence-electron chi connectivity index (χ4n) is 1.58. The molecule has 0 aliphatic rings. The van der Waals surface area contributed by atoms with Gasteiger partial charge in [0.15, 0.2) is 0 Å². The van der Waals surface area contributed by atoms with Crippen molar-refractivity contribution in [2.24, 2.45) is 5.73 Å². The van der Waals surface area contributed by atoms with Crippen molar-refractivity contribution in [1.82, 2.24) is 0 Å². The van der Waals surface area contributed by atoms with E-state index in [1.165, 1.54) is 11.1 Å². The lowest BCUT2D eigenvalue weighted by Crippen LogP contribution is -2.10. The molecule has 0 bridgehead atoms. The molecule has 0 heterocycles. The fraction of sp³-hybridized carbons (Fsp3) is 0.571. The lowest BCUT2D eigenvalue weighted by atomic mass is 10.1. The van der Waals surface area contributed by atoms with Crippen molar-refractivity contribution in [2.45, 2.75) is 32.4 Å². The summed E-state index contributed by atoms with van der Waals surface area (Å²) in [6.45, 7) is 7.93. The van der Waals surface area contributed by atoms with Crippen molar-refractivity contribution in [3.8, 4) is 5.75 Å². The Morgan fingerprint density at radius 2 is 2.12 bits per heavy atom. The highest BCUT2D eigenvalue weighted by atomic mass is 32.2. The quantitative estimate of drug-likeness (QED) is 0.758. The van der Waals surface area contributed by atoms with E-state index in [0.717, 1.165) is 31.1 Å². The van der Waals surface area contributed by atoms with E-state index in [0.29, 0.717) is 5.25 Å². The van der Waals surface area contributed by atoms with E-state index in [-0.39, 0.29) is 0 Å². The highest BCUT2D eigenvalue weighted by Gasteiger charge is 2.02. The minimum Gasteiger partial charge on any atom is -0.492 e. The number of hydrogen-bond donors (Lipinski definition) is 1. The van der Waals surface area contributed by atoms with E-state index < -0.39 is 0 Å². The average molecular weight is 253 g/mol. The van der Waals surface area contributed by atoms with Gasteiger partial charge in [0.1, 0.15) is 5.75 Å². The monoisotopic (exact) mass is 253 g/mol. The highest BCUT2D eigenvalue weighted by Crippen LogP contribution is 2.20. The van der Waals surface area contributed by atoms with Crippen LogP contribution in [0.1, 0.15) is 24.5 Å². The van der Waals surface area contributed by atoms with Crippen molar-refractivity contribution in [1.29, 1.82) is 0 Å². The van der Waals surface area contributed by atoms with Crippen molar-refractivity contribution in [3.05, 3.63) is 29.3 Å². The van der Waals surface area contributed by atoms with Crippen LogP contribution in [0.4, 0.5) is 0 Å². The van der Waals surface area contributed by atoms with Gasteiger partial charge in [-0.25, -0.2) is 0 Å². The van der Waals surface area contributed by atoms with Crippen LogP contribution >= 0.6 is 11.8 Å². The summed E-state index contributed by atoms with van der Waals surface area (Å²) < 4.78 is 5.79. The van der Waals surface area contributed by atoms with Crippen LogP contribution in [0.5, 0.6) is 5.75 Å². The summed E-state index contributed by atoms with van der Waals surface area (Å²) in [5.74, 6) is 2.03. The molecule has 1 aromatic rings. The maximum atomic E-state index is 5.79. The Morgan fingerprint density at radius 3 is 2.82 bits per heavy atom. The summed E-state index contributed by atoms with van der Waals surface area (Å²) in [7, 11) is 0. The highest BCUT2D eigenvalue weighted by molar-refractivity contribution is 7.99. The van der Waals surface area contributed by atoms with Gasteiger partial charge in [-0.1, -0.05) is 19.1 Å². The molecule has 1 unspecified atom stereocenters. The molecule has 1 rings (SSSR count). The molecule has 0 aliphatic heterocycles. The topological polar surface area (TPSA) is 35.2 Å². The van der Waals surface area contributed by atoms with Gasteiger partial charge >= 0.3 is 0 Å². The number of aryl methyl sites for hydroxylation is 2. The predicted octanol–water partition coefficient (Wildman–Crippen LogP) is 3.15. The number of ether oxygens (including phenoxy) is 1. The van der Waals surface area contributed by atoms with E-state index in [1.54, 1.807) is 0 Å². The normalized spacial score (nSPS) is 12.5. The van der Waals surface area contributed by atoms with E-state index in [1.807, 2.05) is 11.8 Å². The Bertz CT molecular complexity index is 341. The van der Waals surface area contributed by atoms with E-state index in [9.17, 15) is 0 Å². The first-order valence-corrected chi connectivity index (χ1v) is 7.20. The summed E-state index contributed by atoms with van der Waals surface area (Å²) in [6, 6.07) is 6.32. The molecule has 3 heteroatoms. The fourth-order valence-corrected chi connectivity index (χ4v) is 2.47. The predicted molar refractivity (Wildman–Crippen MR) is 77.0 cm³/mol. The van der Waals surface area contributed by atoms with Crippen LogP contribution in [0.25, 0.3) is 0 Å². The lowest BCUT2D eigenvalue weighted by molar-refractivity contribution is 0.341. The zero-order chi connectivity index (χ0) is 12.7. The molecule has 0 saturated carbocycles. The first kappa shape index (κ1) is 14.4. The molecule has 0 amide bonds. The molecule has 2 nitrogen and oxygen atoms in total. The lowest BCUT2D eigenvalue weighted by Gasteiger charge is -2.12. The van der Waals surface area contributed by atoms with Gasteiger partial charge < -0.3 is 10.5 Å². The Kier molecular flexibility index (Phi) is 6.45. The zero-order valence-electron chi connectivity index (χ0n) is 11.0. The van der Waals surface area contributed by atoms with Crippen LogP contribution in [0.3, 0.4) is 0 Å². The van der Waals surface area contributed by atoms with Crippen molar-refractivity contribution in [3.63, 3.8) is 0 Å². The van der Waals surface area contributed by atoms with Crippen LogP contribution in [0.2, 0.25) is 0 Å². The van der Waals surface area contributed by atoms with Crippen molar-refractivity contribution < 1.29 is 4.74 Å². The Balaban J connectivity index is 2.28. The largest absolute Gasteiger partial charge is 0.492 e. The second-order valence-corrected chi connectivity index (χ2v) is 5.92. The summed E-state index contributed by atoms with van der Waals surface area (Å²) in [4.78, 5) is 0. The molecule has 1 atom stereocenters. The standard InChI is InChI=1S/C14H23NOS/c1-11-4-5-12(2)14(10-11)16-8-9-17-13(3)6-7-15/h4-5,10,13H,6-9,15H2,1-3H3. The minimum absolute atomic E-state index is 0.627. The number of rotatable bonds is 7. The zero-order valence-corrected chi connectivity index (χ0v) is 11.8. The van der Waals surface area contributed by atoms with E-state index in [4.69, 9.17) is 10.5 Å². The molecule has 1 aromatic carbocycles. The molecule has 0 radical (unpaired) electrons. The Hall–Kier alpha value is -0.670. The maximum absolute atomic E-state index is 5.79. The smallest absolute Gasteiger partial charge is 0.122 e. The van der Waals surface area contributed by atoms with Crippen LogP contribution < -0.4 is 10.5 Å². The van der Waals surface area contributed by atoms with Gasteiger partial charge in [0.2, 0.25) is 0 Å². The third-order valence-corrected chi connectivity index (χ3v) is 3.87. The molecule has 2 N–H and O–H groups in total. The van der Waals surface area contributed by atoms with Crippen molar-refractivity contribution in [2.75, 3.05) is 18.9 Å². The molecular weight excluding hydrogens is 230 g/mol. The van der Waals surface area contributed by atoms with E-state index >= 15 is 0 Å². The van der Waals surface area contributed by atoms with Gasteiger partial charge in [0.05, 0.1) is 6.61 Å². The molecule has 0 aromatic heterocycles. The summed E-state index contributed by atoms with van der Waals surface area (Å²) in [5.41, 5.74) is 7.97. The molecular formula is C14H23NOS. The van der Waals surface area contributed by atoms with E-state index in [2.05, 4.69) is 39.0 Å². The summed E-state index contributed by atoms with van der Waals surface area (Å²) >= 11 is 1.93. The van der Waals surface area contributed by atoms with Gasteiger partial charge in [-0.05, 0) is 44.0 Å². The second kappa shape index (κ2) is 7.62. The maximum Gasteiger partial charge on any atom is 0.122 e. The average Bonchev–Trinajstić information content (AvgIpc) is 2.29. The minimum atomic E-state index is 0.627. The Morgan fingerprint density at radius 1 is 1.35 bits per heavy atom. The number of nitrogens with two attached hydrogens (primary N) is 1. The van der Waals surface area contributed by atoms with Crippen molar-refractivity contribution >= 4 is 11.8 Å².